The van der Waals surface area contributed by atoms with Crippen LogP contribution in [-0.2, 0) is 19.1 Å². The summed E-state index contributed by atoms with van der Waals surface area (Å²) in [6.45, 7) is 6.51. The molecular weight excluding hydrogens is 504 g/mol. The Kier molecular flexibility index (Phi) is 6.80. The fraction of sp³-hybridized carbons (Fsp3) is 0.704. The molecule has 1 amide bonds. The SMILES string of the molecule is CCC(=O)O[C@]1(C(=O)SC(=O)N(C)C)[C@H](C)CC2C3CC(F)=C4CC(=O)C=C[C@]4(C)[C@@]3(F)[C@@H](O)C[C@@]21C. The van der Waals surface area contributed by atoms with Crippen molar-refractivity contribution in [2.24, 2.45) is 28.6 Å². The minimum atomic E-state index is -2.31. The standard InChI is InChI=1S/C27H35F2NO6S/c1-7-21(33)36-27(22(34)37-23(35)30(5)6)14(2)10-16-17-12-19(28)18-11-15(31)8-9-24(18,3)26(17,29)20(32)13-25(16,27)4/h8-9,14,16-17,20,32H,7,10-13H2,1-6H3/t14-,16?,17?,20+,24+,25+,26+,27+/m1/s1. The highest BCUT2D eigenvalue weighted by Gasteiger charge is 2.77. The third kappa shape index (κ3) is 3.61. The molecule has 1 N–H and O–H groups in total. The molecule has 7 nitrogen and oxygen atoms in total. The van der Waals surface area contributed by atoms with Crippen LogP contribution >= 0.6 is 11.8 Å². The van der Waals surface area contributed by atoms with Gasteiger partial charge in [0.1, 0.15) is 5.83 Å². The summed E-state index contributed by atoms with van der Waals surface area (Å²) in [5.74, 6) is -3.85. The van der Waals surface area contributed by atoms with Gasteiger partial charge in [0.15, 0.2) is 17.1 Å². The van der Waals surface area contributed by atoms with Crippen molar-refractivity contribution in [2.75, 3.05) is 14.1 Å². The average molecular weight is 540 g/mol. The normalized spacial score (nSPS) is 42.6. The van der Waals surface area contributed by atoms with E-state index in [1.807, 2.05) is 0 Å². The van der Waals surface area contributed by atoms with Gasteiger partial charge in [-0.15, -0.1) is 0 Å². The monoisotopic (exact) mass is 539 g/mol. The number of carbonyl (C=O) groups is 4. The molecule has 0 aromatic carbocycles. The average Bonchev–Trinajstić information content (AvgIpc) is 3.04. The number of alkyl halides is 1. The molecule has 4 rings (SSSR count). The molecule has 0 aromatic rings. The first-order chi connectivity index (χ1) is 17.1. The van der Waals surface area contributed by atoms with Gasteiger partial charge in [0.25, 0.3) is 5.24 Å². The van der Waals surface area contributed by atoms with Gasteiger partial charge < -0.3 is 14.7 Å². The fourth-order valence-corrected chi connectivity index (χ4v) is 8.66. The Morgan fingerprint density at radius 2 is 1.89 bits per heavy atom. The Bertz CT molecular complexity index is 1120. The highest BCUT2D eigenvalue weighted by Crippen LogP contribution is 2.72. The van der Waals surface area contributed by atoms with Gasteiger partial charge in [0, 0.05) is 67.8 Å². The highest BCUT2D eigenvalue weighted by atomic mass is 32.2. The van der Waals surface area contributed by atoms with E-state index in [0.717, 1.165) is 0 Å². The Morgan fingerprint density at radius 3 is 2.49 bits per heavy atom. The lowest BCUT2D eigenvalue weighted by molar-refractivity contribution is -0.223. The molecule has 204 valence electrons. The van der Waals surface area contributed by atoms with Gasteiger partial charge in [0.05, 0.1) is 6.10 Å². The van der Waals surface area contributed by atoms with Crippen LogP contribution in [0.5, 0.6) is 0 Å². The zero-order valence-electron chi connectivity index (χ0n) is 22.1. The van der Waals surface area contributed by atoms with Gasteiger partial charge in [0.2, 0.25) is 5.12 Å². The molecule has 2 fully saturated rings. The van der Waals surface area contributed by atoms with Gasteiger partial charge in [-0.3, -0.25) is 19.2 Å². The van der Waals surface area contributed by atoms with E-state index in [-0.39, 0.29) is 43.5 Å². The summed E-state index contributed by atoms with van der Waals surface area (Å²) in [4.78, 5) is 52.4. The van der Waals surface area contributed by atoms with Crippen LogP contribution in [0.3, 0.4) is 0 Å². The summed E-state index contributed by atoms with van der Waals surface area (Å²) >= 11 is 0.426. The number of hydrogen-bond donors (Lipinski definition) is 1. The van der Waals surface area contributed by atoms with Crippen molar-refractivity contribution in [3.8, 4) is 0 Å². The molecule has 8 atom stereocenters. The molecule has 4 aliphatic rings. The second-order valence-electron chi connectivity index (χ2n) is 11.6. The van der Waals surface area contributed by atoms with Crippen LogP contribution in [0, 0.1) is 28.6 Å². The van der Waals surface area contributed by atoms with Crippen molar-refractivity contribution in [1.29, 1.82) is 0 Å². The lowest BCUT2D eigenvalue weighted by atomic mass is 9.45. The maximum absolute atomic E-state index is 17.4. The van der Waals surface area contributed by atoms with Crippen molar-refractivity contribution >= 4 is 33.9 Å². The van der Waals surface area contributed by atoms with Gasteiger partial charge in [-0.2, -0.15) is 0 Å². The van der Waals surface area contributed by atoms with Crippen molar-refractivity contribution in [1.82, 2.24) is 4.90 Å². The lowest BCUT2D eigenvalue weighted by Gasteiger charge is -2.62. The molecule has 0 radical (unpaired) electrons. The molecule has 0 saturated heterocycles. The Morgan fingerprint density at radius 1 is 1.24 bits per heavy atom. The van der Waals surface area contributed by atoms with Crippen molar-refractivity contribution < 1.29 is 37.8 Å². The van der Waals surface area contributed by atoms with Crippen LogP contribution in [0.15, 0.2) is 23.6 Å². The van der Waals surface area contributed by atoms with E-state index in [9.17, 15) is 24.3 Å². The number of hydrogen-bond acceptors (Lipinski definition) is 7. The Labute approximate surface area is 220 Å². The molecule has 0 bridgehead atoms. The summed E-state index contributed by atoms with van der Waals surface area (Å²) in [6.07, 6.45) is 0.373. The zero-order valence-corrected chi connectivity index (χ0v) is 22.9. The molecule has 2 saturated carbocycles. The number of amides is 1. The first kappa shape index (κ1) is 28.0. The number of ether oxygens (including phenoxy) is 1. The van der Waals surface area contributed by atoms with Gasteiger partial charge in [-0.25, -0.2) is 8.78 Å². The molecule has 2 unspecified atom stereocenters. The molecule has 0 aromatic heterocycles. The number of aliphatic hydroxyl groups excluding tert-OH is 1. The summed E-state index contributed by atoms with van der Waals surface area (Å²) in [7, 11) is 2.99. The second kappa shape index (κ2) is 9.00. The number of esters is 1. The number of rotatable bonds is 3. The molecule has 0 aliphatic heterocycles. The molecule has 10 heteroatoms. The summed E-state index contributed by atoms with van der Waals surface area (Å²) in [5, 5.41) is 10.3. The summed E-state index contributed by atoms with van der Waals surface area (Å²) in [6, 6.07) is 0. The van der Waals surface area contributed by atoms with Gasteiger partial charge >= 0.3 is 5.97 Å². The number of fused-ring (bicyclic) bond motifs is 5. The summed E-state index contributed by atoms with van der Waals surface area (Å²) in [5.41, 5.74) is -6.87. The topological polar surface area (TPSA) is 101 Å². The summed E-state index contributed by atoms with van der Waals surface area (Å²) < 4.78 is 38.9. The lowest BCUT2D eigenvalue weighted by Crippen LogP contribution is -2.69. The molecule has 4 aliphatic carbocycles. The molecule has 0 heterocycles. The van der Waals surface area contributed by atoms with Crippen molar-refractivity contribution in [3.63, 3.8) is 0 Å². The number of halogens is 2. The minimum Gasteiger partial charge on any atom is -0.449 e. The van der Waals surface area contributed by atoms with Crippen LogP contribution in [0.25, 0.3) is 0 Å². The van der Waals surface area contributed by atoms with Crippen LogP contribution in [0.2, 0.25) is 0 Å². The van der Waals surface area contributed by atoms with Crippen LogP contribution < -0.4 is 0 Å². The Hall–Kier alpha value is -2.07. The van der Waals surface area contributed by atoms with E-state index in [1.54, 1.807) is 20.8 Å². The van der Waals surface area contributed by atoms with E-state index in [2.05, 4.69) is 0 Å². The number of thioether (sulfide) groups is 1. The van der Waals surface area contributed by atoms with Crippen molar-refractivity contribution in [3.05, 3.63) is 23.6 Å². The van der Waals surface area contributed by atoms with Crippen LogP contribution in [-0.4, -0.2) is 63.6 Å². The number of allylic oxidation sites excluding steroid dienone is 4. The van der Waals surface area contributed by atoms with Crippen molar-refractivity contribution in [2.45, 2.75) is 77.2 Å². The van der Waals surface area contributed by atoms with E-state index in [0.29, 0.717) is 11.8 Å². The van der Waals surface area contributed by atoms with E-state index < -0.39 is 68.1 Å². The number of carbonyl (C=O) groups excluding carboxylic acids is 4. The van der Waals surface area contributed by atoms with E-state index >= 15 is 8.78 Å². The fourth-order valence-electron chi connectivity index (χ4n) is 7.69. The third-order valence-electron chi connectivity index (χ3n) is 9.61. The highest BCUT2D eigenvalue weighted by molar-refractivity contribution is 8.26. The maximum atomic E-state index is 17.4. The van der Waals surface area contributed by atoms with Crippen LogP contribution in [0.4, 0.5) is 13.6 Å². The zero-order chi connectivity index (χ0) is 27.7. The predicted octanol–water partition coefficient (Wildman–Crippen LogP) is 4.53. The van der Waals surface area contributed by atoms with Gasteiger partial charge in [-0.1, -0.05) is 26.8 Å². The van der Waals surface area contributed by atoms with E-state index in [1.165, 1.54) is 38.1 Å². The minimum absolute atomic E-state index is 0.0224. The largest absolute Gasteiger partial charge is 0.449 e. The predicted molar refractivity (Wildman–Crippen MR) is 134 cm³/mol. The number of aliphatic hydroxyl groups is 1. The Balaban J connectivity index is 1.87. The number of ketones is 1. The quantitative estimate of drug-likeness (QED) is 0.526. The third-order valence-corrected chi connectivity index (χ3v) is 10.6. The maximum Gasteiger partial charge on any atom is 0.306 e. The first-order valence-electron chi connectivity index (χ1n) is 12.7. The molecule has 0 spiro atoms. The smallest absolute Gasteiger partial charge is 0.306 e. The van der Waals surface area contributed by atoms with Gasteiger partial charge in [-0.05, 0) is 37.3 Å². The van der Waals surface area contributed by atoms with Crippen LogP contribution in [0.1, 0.15) is 59.8 Å². The number of nitrogens with zero attached hydrogens (tertiary/aromatic N) is 1. The molecule has 37 heavy (non-hydrogen) atoms. The second-order valence-corrected chi connectivity index (χ2v) is 12.6. The molecular formula is C27H35F2NO6S. The first-order valence-corrected chi connectivity index (χ1v) is 13.5. The van der Waals surface area contributed by atoms with E-state index in [4.69, 9.17) is 4.74 Å².